The molecule has 0 aromatic carbocycles. The second-order valence-corrected chi connectivity index (χ2v) is 7.81. The van der Waals surface area contributed by atoms with Gasteiger partial charge in [-0.05, 0) is 40.5 Å². The van der Waals surface area contributed by atoms with Crippen molar-refractivity contribution in [3.63, 3.8) is 0 Å². The van der Waals surface area contributed by atoms with Gasteiger partial charge in [-0.25, -0.2) is 9.78 Å². The molecule has 1 saturated heterocycles. The van der Waals surface area contributed by atoms with Crippen molar-refractivity contribution >= 4 is 23.3 Å². The molecule has 6 nitrogen and oxygen atoms in total. The van der Waals surface area contributed by atoms with Crippen LogP contribution in [0.5, 0.6) is 0 Å². The quantitative estimate of drug-likeness (QED) is 0.919. The lowest BCUT2D eigenvalue weighted by atomic mass is 9.97. The summed E-state index contributed by atoms with van der Waals surface area (Å²) < 4.78 is 5.38. The fourth-order valence-corrected chi connectivity index (χ4v) is 3.19. The molecule has 1 fully saturated rings. The molecule has 0 saturated carbocycles. The number of rotatable bonds is 3. The number of nitrogens with one attached hydrogen (secondary N) is 1. The third-order valence-corrected chi connectivity index (χ3v) is 4.49. The second kappa shape index (κ2) is 7.29. The van der Waals surface area contributed by atoms with Crippen LogP contribution in [0.25, 0.3) is 0 Å². The number of hydrogen-bond donors (Lipinski definition) is 1. The molecule has 0 spiro atoms. The highest BCUT2D eigenvalue weighted by Gasteiger charge is 2.30. The van der Waals surface area contributed by atoms with Gasteiger partial charge in [-0.3, -0.25) is 4.79 Å². The van der Waals surface area contributed by atoms with Gasteiger partial charge in [-0.1, -0.05) is 0 Å². The Labute approximate surface area is 141 Å². The smallest absolute Gasteiger partial charge is 0.410 e. The molecular formula is C16H25N3O3S. The molecule has 1 aliphatic heterocycles. The van der Waals surface area contributed by atoms with Gasteiger partial charge >= 0.3 is 6.09 Å². The molecule has 0 aliphatic carbocycles. The van der Waals surface area contributed by atoms with E-state index in [0.717, 1.165) is 23.5 Å². The summed E-state index contributed by atoms with van der Waals surface area (Å²) in [5.74, 6) is -0.205. The SMILES string of the molecule is Cc1csc(CNC(=O)[C@H]2CCCN(C(=O)OC(C)(C)C)C2)n1. The summed E-state index contributed by atoms with van der Waals surface area (Å²) in [5, 5.41) is 5.78. The predicted molar refractivity (Wildman–Crippen MR) is 89.2 cm³/mol. The third-order valence-electron chi connectivity index (χ3n) is 3.52. The van der Waals surface area contributed by atoms with Gasteiger partial charge in [0, 0.05) is 24.2 Å². The number of amides is 2. The van der Waals surface area contributed by atoms with Crippen molar-refractivity contribution < 1.29 is 14.3 Å². The molecule has 1 aromatic rings. The molecule has 1 atom stereocenters. The monoisotopic (exact) mass is 339 g/mol. The number of hydrogen-bond acceptors (Lipinski definition) is 5. The van der Waals surface area contributed by atoms with Gasteiger partial charge in [-0.2, -0.15) is 0 Å². The standard InChI is InChI=1S/C16H25N3O3S/c1-11-10-23-13(18-11)8-17-14(20)12-6-5-7-19(9-12)15(21)22-16(2,3)4/h10,12H,5-9H2,1-4H3,(H,17,20)/t12-/m0/s1. The van der Waals surface area contributed by atoms with E-state index in [4.69, 9.17) is 4.74 Å². The average Bonchev–Trinajstić information content (AvgIpc) is 2.89. The van der Waals surface area contributed by atoms with Crippen LogP contribution in [0.2, 0.25) is 0 Å². The Bertz CT molecular complexity index is 565. The van der Waals surface area contributed by atoms with E-state index in [2.05, 4.69) is 10.3 Å². The lowest BCUT2D eigenvalue weighted by molar-refractivity contribution is -0.126. The molecule has 2 heterocycles. The minimum Gasteiger partial charge on any atom is -0.444 e. The van der Waals surface area contributed by atoms with Gasteiger partial charge in [0.1, 0.15) is 10.6 Å². The van der Waals surface area contributed by atoms with Crippen LogP contribution in [0.1, 0.15) is 44.3 Å². The average molecular weight is 339 g/mol. The molecule has 128 valence electrons. The number of aromatic nitrogens is 1. The molecule has 0 bridgehead atoms. The van der Waals surface area contributed by atoms with Gasteiger partial charge in [0.05, 0.1) is 12.5 Å². The van der Waals surface area contributed by atoms with Crippen LogP contribution in [0.15, 0.2) is 5.38 Å². The highest BCUT2D eigenvalue weighted by molar-refractivity contribution is 7.09. The van der Waals surface area contributed by atoms with Crippen molar-refractivity contribution in [3.05, 3.63) is 16.1 Å². The van der Waals surface area contributed by atoms with Crippen LogP contribution in [0.4, 0.5) is 4.79 Å². The van der Waals surface area contributed by atoms with Crippen LogP contribution in [-0.2, 0) is 16.1 Å². The van der Waals surface area contributed by atoms with Gasteiger partial charge in [0.15, 0.2) is 0 Å². The van der Waals surface area contributed by atoms with E-state index in [-0.39, 0.29) is 17.9 Å². The Balaban J connectivity index is 1.85. The van der Waals surface area contributed by atoms with Crippen molar-refractivity contribution in [2.24, 2.45) is 5.92 Å². The Morgan fingerprint density at radius 1 is 1.48 bits per heavy atom. The Morgan fingerprint density at radius 3 is 2.83 bits per heavy atom. The molecule has 0 unspecified atom stereocenters. The fourth-order valence-electron chi connectivity index (χ4n) is 2.47. The first-order chi connectivity index (χ1) is 10.7. The van der Waals surface area contributed by atoms with E-state index >= 15 is 0 Å². The zero-order valence-corrected chi connectivity index (χ0v) is 15.0. The summed E-state index contributed by atoms with van der Waals surface area (Å²) in [7, 11) is 0. The highest BCUT2D eigenvalue weighted by atomic mass is 32.1. The van der Waals surface area contributed by atoms with E-state index in [1.807, 2.05) is 33.1 Å². The number of ether oxygens (including phenoxy) is 1. The van der Waals surface area contributed by atoms with Gasteiger partial charge in [0.25, 0.3) is 0 Å². The van der Waals surface area contributed by atoms with Crippen LogP contribution >= 0.6 is 11.3 Å². The number of carbonyl (C=O) groups is 2. The second-order valence-electron chi connectivity index (χ2n) is 6.87. The fraction of sp³-hybridized carbons (Fsp3) is 0.688. The van der Waals surface area contributed by atoms with Crippen molar-refractivity contribution in [2.45, 2.75) is 52.7 Å². The molecule has 7 heteroatoms. The summed E-state index contributed by atoms with van der Waals surface area (Å²) >= 11 is 1.54. The lowest BCUT2D eigenvalue weighted by Gasteiger charge is -2.33. The Hall–Kier alpha value is -1.63. The molecule has 1 aliphatic rings. The topological polar surface area (TPSA) is 71.5 Å². The van der Waals surface area contributed by atoms with Gasteiger partial charge in [-0.15, -0.1) is 11.3 Å². The summed E-state index contributed by atoms with van der Waals surface area (Å²) in [6.45, 7) is 8.96. The van der Waals surface area contributed by atoms with Crippen LogP contribution < -0.4 is 5.32 Å². The molecule has 2 rings (SSSR count). The van der Waals surface area contributed by atoms with Crippen molar-refractivity contribution in [1.82, 2.24) is 15.2 Å². The van der Waals surface area contributed by atoms with Crippen molar-refractivity contribution in [2.75, 3.05) is 13.1 Å². The van der Waals surface area contributed by atoms with Crippen molar-refractivity contribution in [3.8, 4) is 0 Å². The largest absolute Gasteiger partial charge is 0.444 e. The first kappa shape index (κ1) is 17.7. The van der Waals surface area contributed by atoms with E-state index in [1.54, 1.807) is 4.90 Å². The molecule has 2 amide bonds. The van der Waals surface area contributed by atoms with Gasteiger partial charge in [0.2, 0.25) is 5.91 Å². The van der Waals surface area contributed by atoms with E-state index in [9.17, 15) is 9.59 Å². The maximum atomic E-state index is 12.3. The van der Waals surface area contributed by atoms with Crippen LogP contribution in [0.3, 0.4) is 0 Å². The van der Waals surface area contributed by atoms with E-state index < -0.39 is 5.60 Å². The molecule has 23 heavy (non-hydrogen) atoms. The van der Waals surface area contributed by atoms with E-state index in [1.165, 1.54) is 11.3 Å². The number of nitrogens with zero attached hydrogens (tertiary/aromatic N) is 2. The van der Waals surface area contributed by atoms with Crippen molar-refractivity contribution in [1.29, 1.82) is 0 Å². The Morgan fingerprint density at radius 2 is 2.22 bits per heavy atom. The minimum absolute atomic E-state index is 0.0221. The molecular weight excluding hydrogens is 314 g/mol. The number of aryl methyl sites for hydroxylation is 1. The van der Waals surface area contributed by atoms with E-state index in [0.29, 0.717) is 19.6 Å². The summed E-state index contributed by atoms with van der Waals surface area (Å²) in [6, 6.07) is 0. The summed E-state index contributed by atoms with van der Waals surface area (Å²) in [6.07, 6.45) is 1.26. The first-order valence-electron chi connectivity index (χ1n) is 7.91. The number of thiazole rings is 1. The zero-order valence-electron chi connectivity index (χ0n) is 14.2. The Kier molecular flexibility index (Phi) is 5.62. The number of piperidine rings is 1. The maximum absolute atomic E-state index is 12.3. The lowest BCUT2D eigenvalue weighted by Crippen LogP contribution is -2.46. The number of carbonyl (C=O) groups excluding carboxylic acids is 2. The summed E-state index contributed by atoms with van der Waals surface area (Å²) in [4.78, 5) is 30.4. The summed E-state index contributed by atoms with van der Waals surface area (Å²) in [5.41, 5.74) is 0.447. The van der Waals surface area contributed by atoms with Crippen LogP contribution in [0, 0.1) is 12.8 Å². The molecule has 1 N–H and O–H groups in total. The van der Waals surface area contributed by atoms with Gasteiger partial charge < -0.3 is 15.0 Å². The first-order valence-corrected chi connectivity index (χ1v) is 8.79. The van der Waals surface area contributed by atoms with Crippen LogP contribution in [-0.4, -0.2) is 40.6 Å². The predicted octanol–water partition coefficient (Wildman–Crippen LogP) is 2.71. The third kappa shape index (κ3) is 5.49. The minimum atomic E-state index is -0.519. The highest BCUT2D eigenvalue weighted by Crippen LogP contribution is 2.20. The normalized spacial score (nSPS) is 18.6. The maximum Gasteiger partial charge on any atom is 0.410 e. The molecule has 0 radical (unpaired) electrons. The number of likely N-dealkylation sites (tertiary alicyclic amines) is 1. The zero-order chi connectivity index (χ0) is 17.0. The molecule has 1 aromatic heterocycles.